The minimum Gasteiger partial charge on any atom is -0.396 e. The number of nitrogens with zero attached hydrogens (tertiary/aromatic N) is 2. The van der Waals surface area contributed by atoms with Crippen LogP contribution in [0.5, 0.6) is 0 Å². The number of para-hydroxylation sites is 1. The molecule has 2 N–H and O–H groups in total. The molecule has 4 heteroatoms. The smallest absolute Gasteiger partial charge is 0.0690 e. The molecule has 0 unspecified atom stereocenters. The van der Waals surface area contributed by atoms with Gasteiger partial charge >= 0.3 is 0 Å². The van der Waals surface area contributed by atoms with Crippen molar-refractivity contribution in [1.29, 1.82) is 0 Å². The standard InChI is InChI=1S/C16H23N3O/c1-16(2,8-11-20)13-17-12-14-6-3-4-7-15(14)19-10-5-9-18-19/h3-7,9-10,17,20H,8,11-13H2,1-2H3. The first-order valence-corrected chi connectivity index (χ1v) is 7.02. The van der Waals surface area contributed by atoms with Crippen LogP contribution in [0, 0.1) is 5.41 Å². The summed E-state index contributed by atoms with van der Waals surface area (Å²) in [6, 6.07) is 10.2. The van der Waals surface area contributed by atoms with E-state index >= 15 is 0 Å². The highest BCUT2D eigenvalue weighted by Crippen LogP contribution is 2.19. The van der Waals surface area contributed by atoms with Crippen LogP contribution in [0.15, 0.2) is 42.7 Å². The topological polar surface area (TPSA) is 50.1 Å². The highest BCUT2D eigenvalue weighted by Gasteiger charge is 2.16. The van der Waals surface area contributed by atoms with Crippen LogP contribution in [-0.4, -0.2) is 28.0 Å². The molecule has 2 rings (SSSR count). The van der Waals surface area contributed by atoms with Crippen molar-refractivity contribution in [2.24, 2.45) is 5.41 Å². The van der Waals surface area contributed by atoms with E-state index in [1.54, 1.807) is 6.20 Å². The Morgan fingerprint density at radius 2 is 2.05 bits per heavy atom. The van der Waals surface area contributed by atoms with E-state index < -0.39 is 0 Å². The van der Waals surface area contributed by atoms with Crippen LogP contribution in [0.25, 0.3) is 5.69 Å². The second-order valence-electron chi connectivity index (χ2n) is 5.82. The number of benzene rings is 1. The predicted octanol–water partition coefficient (Wildman–Crippen LogP) is 2.37. The monoisotopic (exact) mass is 273 g/mol. The highest BCUT2D eigenvalue weighted by molar-refractivity contribution is 5.40. The van der Waals surface area contributed by atoms with Gasteiger partial charge in [-0.25, -0.2) is 4.68 Å². The average molecular weight is 273 g/mol. The van der Waals surface area contributed by atoms with Gasteiger partial charge in [0.2, 0.25) is 0 Å². The van der Waals surface area contributed by atoms with Crippen molar-refractivity contribution in [2.75, 3.05) is 13.2 Å². The van der Waals surface area contributed by atoms with E-state index in [1.165, 1.54) is 5.56 Å². The van der Waals surface area contributed by atoms with E-state index in [4.69, 9.17) is 5.11 Å². The molecule has 0 aliphatic rings. The molecule has 108 valence electrons. The molecule has 1 heterocycles. The number of aromatic nitrogens is 2. The van der Waals surface area contributed by atoms with Crippen LogP contribution in [0.1, 0.15) is 25.8 Å². The summed E-state index contributed by atoms with van der Waals surface area (Å²) in [5.74, 6) is 0. The number of aliphatic hydroxyl groups is 1. The van der Waals surface area contributed by atoms with Crippen molar-refractivity contribution in [1.82, 2.24) is 15.1 Å². The summed E-state index contributed by atoms with van der Waals surface area (Å²) in [5.41, 5.74) is 2.43. The zero-order valence-corrected chi connectivity index (χ0v) is 12.2. The fourth-order valence-corrected chi connectivity index (χ4v) is 2.22. The first kappa shape index (κ1) is 14.8. The first-order chi connectivity index (χ1) is 9.62. The third-order valence-corrected chi connectivity index (χ3v) is 3.45. The second-order valence-corrected chi connectivity index (χ2v) is 5.82. The lowest BCUT2D eigenvalue weighted by Gasteiger charge is -2.24. The molecule has 1 aromatic carbocycles. The van der Waals surface area contributed by atoms with Gasteiger partial charge in [0.15, 0.2) is 0 Å². The second kappa shape index (κ2) is 6.68. The maximum atomic E-state index is 9.05. The minimum absolute atomic E-state index is 0.107. The molecule has 1 aromatic heterocycles. The molecule has 0 spiro atoms. The Kier molecular flexibility index (Phi) is 4.93. The minimum atomic E-state index is 0.107. The molecule has 4 nitrogen and oxygen atoms in total. The first-order valence-electron chi connectivity index (χ1n) is 7.02. The van der Waals surface area contributed by atoms with Crippen LogP contribution in [0.2, 0.25) is 0 Å². The highest BCUT2D eigenvalue weighted by atomic mass is 16.3. The number of hydrogen-bond donors (Lipinski definition) is 2. The van der Waals surface area contributed by atoms with Crippen LogP contribution < -0.4 is 5.32 Å². The number of hydrogen-bond acceptors (Lipinski definition) is 3. The van der Waals surface area contributed by atoms with Gasteiger partial charge in [-0.2, -0.15) is 5.10 Å². The van der Waals surface area contributed by atoms with Gasteiger partial charge in [-0.05, 0) is 29.5 Å². The molecule has 20 heavy (non-hydrogen) atoms. The van der Waals surface area contributed by atoms with Gasteiger partial charge in [0.25, 0.3) is 0 Å². The SMILES string of the molecule is CC(C)(CCO)CNCc1ccccc1-n1cccn1. The molecule has 0 amide bonds. The summed E-state index contributed by atoms with van der Waals surface area (Å²) >= 11 is 0. The van der Waals surface area contributed by atoms with Crippen LogP contribution in [-0.2, 0) is 6.54 Å². The normalized spacial score (nSPS) is 11.8. The van der Waals surface area contributed by atoms with Gasteiger partial charge in [-0.1, -0.05) is 32.0 Å². The maximum absolute atomic E-state index is 9.05. The Labute approximate surface area is 120 Å². The fourth-order valence-electron chi connectivity index (χ4n) is 2.22. The van der Waals surface area contributed by atoms with Gasteiger partial charge in [0.05, 0.1) is 5.69 Å². The summed E-state index contributed by atoms with van der Waals surface area (Å²) in [5, 5.41) is 16.8. The Balaban J connectivity index is 2.00. The fraction of sp³-hybridized carbons (Fsp3) is 0.438. The summed E-state index contributed by atoms with van der Waals surface area (Å²) < 4.78 is 1.88. The summed E-state index contributed by atoms with van der Waals surface area (Å²) in [6.45, 7) is 6.23. The molecule has 0 aliphatic carbocycles. The summed E-state index contributed by atoms with van der Waals surface area (Å²) in [7, 11) is 0. The third-order valence-electron chi connectivity index (χ3n) is 3.45. The van der Waals surface area contributed by atoms with Crippen LogP contribution in [0.3, 0.4) is 0 Å². The van der Waals surface area contributed by atoms with E-state index in [-0.39, 0.29) is 12.0 Å². The lowest BCUT2D eigenvalue weighted by atomic mass is 9.90. The van der Waals surface area contributed by atoms with Gasteiger partial charge in [-0.15, -0.1) is 0 Å². The zero-order valence-electron chi connectivity index (χ0n) is 12.2. The quantitative estimate of drug-likeness (QED) is 0.814. The van der Waals surface area contributed by atoms with E-state index in [0.29, 0.717) is 0 Å². The zero-order chi connectivity index (χ0) is 14.4. The molecule has 0 atom stereocenters. The van der Waals surface area contributed by atoms with E-state index in [9.17, 15) is 0 Å². The lowest BCUT2D eigenvalue weighted by molar-refractivity contribution is 0.207. The molecule has 0 bridgehead atoms. The van der Waals surface area contributed by atoms with Gasteiger partial charge < -0.3 is 10.4 Å². The molecular weight excluding hydrogens is 250 g/mol. The Hall–Kier alpha value is -1.65. The molecule has 0 saturated carbocycles. The van der Waals surface area contributed by atoms with Gasteiger partial charge in [0.1, 0.15) is 0 Å². The van der Waals surface area contributed by atoms with E-state index in [0.717, 1.165) is 25.2 Å². The van der Waals surface area contributed by atoms with Crippen LogP contribution in [0.4, 0.5) is 0 Å². The maximum Gasteiger partial charge on any atom is 0.0690 e. The molecule has 0 radical (unpaired) electrons. The molecular formula is C16H23N3O. The average Bonchev–Trinajstić information content (AvgIpc) is 2.93. The van der Waals surface area contributed by atoms with Crippen molar-refractivity contribution in [3.05, 3.63) is 48.3 Å². The van der Waals surface area contributed by atoms with Crippen molar-refractivity contribution >= 4 is 0 Å². The summed E-state index contributed by atoms with van der Waals surface area (Å²) in [6.07, 6.45) is 4.55. The van der Waals surface area contributed by atoms with Gasteiger partial charge in [0, 0.05) is 32.1 Å². The van der Waals surface area contributed by atoms with E-state index in [1.807, 2.05) is 29.1 Å². The predicted molar refractivity (Wildman–Crippen MR) is 80.8 cm³/mol. The molecule has 2 aromatic rings. The number of nitrogens with one attached hydrogen (secondary N) is 1. The van der Waals surface area contributed by atoms with E-state index in [2.05, 4.69) is 36.4 Å². The molecule has 0 saturated heterocycles. The van der Waals surface area contributed by atoms with Crippen LogP contribution >= 0.6 is 0 Å². The third kappa shape index (κ3) is 3.92. The number of rotatable bonds is 7. The van der Waals surface area contributed by atoms with Gasteiger partial charge in [-0.3, -0.25) is 0 Å². The molecule has 0 aliphatic heterocycles. The van der Waals surface area contributed by atoms with Crippen molar-refractivity contribution in [3.8, 4) is 5.69 Å². The van der Waals surface area contributed by atoms with Crippen molar-refractivity contribution in [3.63, 3.8) is 0 Å². The Morgan fingerprint density at radius 1 is 1.25 bits per heavy atom. The largest absolute Gasteiger partial charge is 0.396 e. The lowest BCUT2D eigenvalue weighted by Crippen LogP contribution is -2.30. The summed E-state index contributed by atoms with van der Waals surface area (Å²) in [4.78, 5) is 0. The van der Waals surface area contributed by atoms with Crippen molar-refractivity contribution in [2.45, 2.75) is 26.8 Å². The Morgan fingerprint density at radius 3 is 2.75 bits per heavy atom. The number of aliphatic hydroxyl groups excluding tert-OH is 1. The Bertz CT molecular complexity index is 520. The molecule has 0 fully saturated rings. The van der Waals surface area contributed by atoms with Crippen molar-refractivity contribution < 1.29 is 5.11 Å².